The molecule has 9 heteroatoms. The zero-order valence-electron chi connectivity index (χ0n) is 25.8. The first-order valence-corrected chi connectivity index (χ1v) is 14.9. The number of carbonyl (C=O) groups is 2. The minimum Gasteiger partial charge on any atom is -0.493 e. The van der Waals surface area contributed by atoms with Crippen molar-refractivity contribution in [3.05, 3.63) is 64.3 Å². The van der Waals surface area contributed by atoms with Crippen LogP contribution in [0.5, 0.6) is 5.75 Å². The van der Waals surface area contributed by atoms with Crippen molar-refractivity contribution < 1.29 is 28.9 Å². The van der Waals surface area contributed by atoms with Gasteiger partial charge in [0, 0.05) is 35.5 Å². The molecule has 2 aliphatic heterocycles. The van der Waals surface area contributed by atoms with E-state index >= 15 is 0 Å². The Morgan fingerprint density at radius 2 is 1.72 bits per heavy atom. The maximum atomic E-state index is 13.7. The fourth-order valence-corrected chi connectivity index (χ4v) is 5.91. The van der Waals surface area contributed by atoms with Gasteiger partial charge < -0.3 is 30.0 Å². The number of hydrogen-bond acceptors (Lipinski definition) is 7. The van der Waals surface area contributed by atoms with Crippen LogP contribution in [0.1, 0.15) is 75.1 Å². The number of rotatable bonds is 6. The number of carboxylic acid groups (broad SMARTS) is 1. The van der Waals surface area contributed by atoms with Crippen molar-refractivity contribution in [1.29, 1.82) is 0 Å². The topological polar surface area (TPSA) is 124 Å². The molecule has 9 nitrogen and oxygen atoms in total. The minimum atomic E-state index is -1.06. The summed E-state index contributed by atoms with van der Waals surface area (Å²) in [5.74, 6) is 0.697. The zero-order chi connectivity index (χ0) is 31.1. The summed E-state index contributed by atoms with van der Waals surface area (Å²) in [6.07, 6.45) is 0.0621. The largest absolute Gasteiger partial charge is 0.493 e. The van der Waals surface area contributed by atoms with Gasteiger partial charge in [0.15, 0.2) is 6.10 Å². The summed E-state index contributed by atoms with van der Waals surface area (Å²) < 4.78 is 18.1. The molecule has 0 bridgehead atoms. The molecule has 0 aliphatic carbocycles. The van der Waals surface area contributed by atoms with Gasteiger partial charge in [-0.05, 0) is 101 Å². The number of hydrogen-bond donors (Lipinski definition) is 2. The van der Waals surface area contributed by atoms with E-state index in [0.717, 1.165) is 52.0 Å². The lowest BCUT2D eigenvalue weighted by atomic mass is 9.85. The molecule has 2 aromatic carbocycles. The molecular weight excluding hydrogens is 546 g/mol. The number of nitrogen functional groups attached to an aromatic ring is 1. The van der Waals surface area contributed by atoms with Gasteiger partial charge >= 0.3 is 12.1 Å². The number of ether oxygens (including phenoxy) is 3. The van der Waals surface area contributed by atoms with Crippen molar-refractivity contribution in [2.75, 3.05) is 18.9 Å². The van der Waals surface area contributed by atoms with Crippen LogP contribution >= 0.6 is 0 Å². The highest BCUT2D eigenvalue weighted by Crippen LogP contribution is 2.45. The normalized spacial score (nSPS) is 15.4. The Labute approximate surface area is 253 Å². The van der Waals surface area contributed by atoms with Crippen LogP contribution < -0.4 is 10.5 Å². The average molecular weight is 588 g/mol. The van der Waals surface area contributed by atoms with E-state index in [1.54, 1.807) is 0 Å². The number of esters is 1. The van der Waals surface area contributed by atoms with Gasteiger partial charge in [0.25, 0.3) is 0 Å². The predicted molar refractivity (Wildman–Crippen MR) is 165 cm³/mol. The van der Waals surface area contributed by atoms with Crippen LogP contribution in [0.15, 0.2) is 36.4 Å². The molecule has 0 fully saturated rings. The van der Waals surface area contributed by atoms with E-state index in [9.17, 15) is 14.7 Å². The second-order valence-electron chi connectivity index (χ2n) is 12.6. The van der Waals surface area contributed by atoms with E-state index < -0.39 is 23.8 Å². The standard InChI is InChI=1S/C34H41N3O6/c1-19(2)42-32(38)30(43-34(4,5)6)27-20(3)36-31(35)29(28(27)23-11-12-26-22(17-23)8-7-15-41-26)24-9-10-25-18-37(33(39)40)14-13-21(25)16-24/h9-12,16-17,19,30H,7-8,13-15,18H2,1-6H3,(H2,35,36)(H,39,40). The van der Waals surface area contributed by atoms with Crippen LogP contribution in [0.2, 0.25) is 0 Å². The van der Waals surface area contributed by atoms with Gasteiger partial charge in [-0.15, -0.1) is 0 Å². The fourth-order valence-electron chi connectivity index (χ4n) is 5.91. The van der Waals surface area contributed by atoms with Gasteiger partial charge in [-0.3, -0.25) is 0 Å². The predicted octanol–water partition coefficient (Wildman–Crippen LogP) is 6.48. The first-order chi connectivity index (χ1) is 20.3. The Balaban J connectivity index is 1.77. The Bertz CT molecular complexity index is 1560. The monoisotopic (exact) mass is 587 g/mol. The molecule has 1 atom stereocenters. The molecule has 2 aliphatic rings. The lowest BCUT2D eigenvalue weighted by Crippen LogP contribution is -2.34. The summed E-state index contributed by atoms with van der Waals surface area (Å²) in [6.45, 7) is 12.6. The number of nitrogens with two attached hydrogens (primary N) is 1. The smallest absolute Gasteiger partial charge is 0.407 e. The molecule has 0 spiro atoms. The van der Waals surface area contributed by atoms with E-state index in [-0.39, 0.29) is 6.10 Å². The molecule has 1 unspecified atom stereocenters. The van der Waals surface area contributed by atoms with Gasteiger partial charge in [0.1, 0.15) is 11.6 Å². The van der Waals surface area contributed by atoms with Crippen molar-refractivity contribution in [3.63, 3.8) is 0 Å². The summed E-state index contributed by atoms with van der Waals surface area (Å²) >= 11 is 0. The van der Waals surface area contributed by atoms with Gasteiger partial charge in [-0.1, -0.05) is 24.3 Å². The molecule has 1 amide bonds. The SMILES string of the molecule is Cc1nc(N)c(-c2ccc3c(c2)CCN(C(=O)O)C3)c(-c2ccc3c(c2)CCCO3)c1C(OC(C)(C)C)C(=O)OC(C)C. The Morgan fingerprint density at radius 3 is 2.42 bits per heavy atom. The lowest BCUT2D eigenvalue weighted by Gasteiger charge is -2.31. The van der Waals surface area contributed by atoms with Gasteiger partial charge in [-0.2, -0.15) is 0 Å². The van der Waals surface area contributed by atoms with Crippen LogP contribution in [0.3, 0.4) is 0 Å². The van der Waals surface area contributed by atoms with E-state index in [4.69, 9.17) is 24.9 Å². The number of carbonyl (C=O) groups excluding carboxylic acids is 1. The summed E-state index contributed by atoms with van der Waals surface area (Å²) in [4.78, 5) is 31.5. The second kappa shape index (κ2) is 11.9. The van der Waals surface area contributed by atoms with Crippen molar-refractivity contribution in [1.82, 2.24) is 9.88 Å². The summed E-state index contributed by atoms with van der Waals surface area (Å²) in [6, 6.07) is 12.1. The number of amides is 1. The van der Waals surface area contributed by atoms with E-state index in [1.165, 1.54) is 4.90 Å². The first-order valence-electron chi connectivity index (χ1n) is 14.9. The number of nitrogens with zero attached hydrogens (tertiary/aromatic N) is 2. The summed E-state index contributed by atoms with van der Waals surface area (Å²) in [7, 11) is 0. The maximum Gasteiger partial charge on any atom is 0.407 e. The molecule has 3 heterocycles. The number of anilines is 1. The molecule has 0 radical (unpaired) electrons. The van der Waals surface area contributed by atoms with Gasteiger partial charge in [-0.25, -0.2) is 14.6 Å². The molecule has 0 saturated heterocycles. The third-order valence-corrected chi connectivity index (χ3v) is 7.73. The highest BCUT2D eigenvalue weighted by Gasteiger charge is 2.35. The molecule has 3 aromatic rings. The van der Waals surface area contributed by atoms with Gasteiger partial charge in [0.2, 0.25) is 0 Å². The molecule has 1 aromatic heterocycles. The van der Waals surface area contributed by atoms with Crippen LogP contribution in [0.25, 0.3) is 22.3 Å². The third-order valence-electron chi connectivity index (χ3n) is 7.73. The molecule has 0 saturated carbocycles. The molecular formula is C34H41N3O6. The number of benzene rings is 2. The van der Waals surface area contributed by atoms with E-state index in [0.29, 0.717) is 48.8 Å². The van der Waals surface area contributed by atoms with Crippen molar-refractivity contribution in [2.45, 2.75) is 85.2 Å². The molecule has 3 N–H and O–H groups in total. The summed E-state index contributed by atoms with van der Waals surface area (Å²) in [5, 5.41) is 9.51. The Morgan fingerprint density at radius 1 is 1.02 bits per heavy atom. The quantitative estimate of drug-likeness (QED) is 0.314. The van der Waals surface area contributed by atoms with Crippen molar-refractivity contribution >= 4 is 17.9 Å². The Kier molecular flexibility index (Phi) is 8.38. The number of pyridine rings is 1. The maximum absolute atomic E-state index is 13.7. The molecule has 43 heavy (non-hydrogen) atoms. The van der Waals surface area contributed by atoms with Crippen molar-refractivity contribution in [3.8, 4) is 28.0 Å². The number of fused-ring (bicyclic) bond motifs is 2. The third kappa shape index (κ3) is 6.46. The van der Waals surface area contributed by atoms with Crippen LogP contribution in [-0.4, -0.2) is 51.9 Å². The van der Waals surface area contributed by atoms with Crippen LogP contribution in [-0.2, 0) is 33.7 Å². The lowest BCUT2D eigenvalue weighted by molar-refractivity contribution is -0.171. The second-order valence-corrected chi connectivity index (χ2v) is 12.6. The zero-order valence-corrected chi connectivity index (χ0v) is 25.8. The fraction of sp³-hybridized carbons (Fsp3) is 0.441. The van der Waals surface area contributed by atoms with Crippen LogP contribution in [0, 0.1) is 6.92 Å². The van der Waals surface area contributed by atoms with Gasteiger partial charge in [0.05, 0.1) is 18.3 Å². The Hall–Kier alpha value is -4.11. The molecule has 228 valence electrons. The van der Waals surface area contributed by atoms with E-state index in [1.807, 2.05) is 65.8 Å². The average Bonchev–Trinajstić information content (AvgIpc) is 2.94. The highest BCUT2D eigenvalue weighted by atomic mass is 16.6. The number of aromatic nitrogens is 1. The van der Waals surface area contributed by atoms with Crippen LogP contribution in [0.4, 0.5) is 10.6 Å². The van der Waals surface area contributed by atoms with Crippen molar-refractivity contribution in [2.24, 2.45) is 0 Å². The highest BCUT2D eigenvalue weighted by molar-refractivity contribution is 5.95. The minimum absolute atomic E-state index is 0.331. The summed E-state index contributed by atoms with van der Waals surface area (Å²) in [5.41, 5.74) is 13.5. The first kappa shape index (κ1) is 30.4. The van der Waals surface area contributed by atoms with E-state index in [2.05, 4.69) is 12.1 Å². The number of aryl methyl sites for hydroxylation is 2. The molecule has 5 rings (SSSR count).